The Morgan fingerprint density at radius 2 is 1.52 bits per heavy atom. The molecule has 0 aromatic carbocycles. The van der Waals surface area contributed by atoms with Crippen molar-refractivity contribution in [1.82, 2.24) is 5.32 Å². The van der Waals surface area contributed by atoms with Crippen LogP contribution in [0.15, 0.2) is 12.2 Å². The molecule has 0 aromatic rings. The van der Waals surface area contributed by atoms with Crippen molar-refractivity contribution in [3.8, 4) is 0 Å². The third-order valence-corrected chi connectivity index (χ3v) is 16.8. The van der Waals surface area contributed by atoms with Gasteiger partial charge in [0.05, 0.1) is 18.9 Å². The molecule has 0 heterocycles. The number of carboxylic acid groups (broad SMARTS) is 1. The molecule has 1 unspecified atom stereocenters. The highest BCUT2D eigenvalue weighted by molar-refractivity contribution is 5.87. The number of ketones is 1. The summed E-state index contributed by atoms with van der Waals surface area (Å²) in [6.07, 6.45) is 11.9. The second-order valence-corrected chi connectivity index (χ2v) is 21.3. The van der Waals surface area contributed by atoms with Crippen LogP contribution in [0.25, 0.3) is 0 Å². The van der Waals surface area contributed by atoms with Crippen molar-refractivity contribution in [2.75, 3.05) is 0 Å². The SMILES string of the molecule is C=C(C)[C@@H]1CC[C@]2(CC(=O)NC(CC(C)C)C(C)=O)CC[C@]3(C)[C@H](CC[C@@H]4[C@@]5(C)CC[C@H](OC(=O)CC(C)(C)CC(=O)O)C(C)(C)[C@@H]5CC[C@]43C)[C@@H]12. The van der Waals surface area contributed by atoms with Crippen LogP contribution in [0.5, 0.6) is 0 Å². The van der Waals surface area contributed by atoms with Crippen molar-refractivity contribution in [3.05, 3.63) is 12.2 Å². The molecular weight excluding hydrogens is 650 g/mol. The molecule has 0 bridgehead atoms. The van der Waals surface area contributed by atoms with Gasteiger partial charge in [-0.1, -0.05) is 74.5 Å². The Hall–Kier alpha value is -2.18. The Balaban J connectivity index is 1.38. The summed E-state index contributed by atoms with van der Waals surface area (Å²) >= 11 is 0. The first-order valence-electron chi connectivity index (χ1n) is 20.8. The smallest absolute Gasteiger partial charge is 0.306 e. The molecule has 0 spiro atoms. The predicted octanol–water partition coefficient (Wildman–Crippen LogP) is 9.96. The number of hydrogen-bond donors (Lipinski definition) is 2. The van der Waals surface area contributed by atoms with E-state index in [4.69, 9.17) is 4.74 Å². The Morgan fingerprint density at radius 1 is 0.846 bits per heavy atom. The third-order valence-electron chi connectivity index (χ3n) is 16.8. The maximum atomic E-state index is 13.9. The van der Waals surface area contributed by atoms with Crippen LogP contribution in [0, 0.1) is 68.0 Å². The third kappa shape index (κ3) is 7.06. The number of fused-ring (bicyclic) bond motifs is 7. The highest BCUT2D eigenvalue weighted by atomic mass is 16.5. The molecule has 2 N–H and O–H groups in total. The minimum Gasteiger partial charge on any atom is -0.481 e. The lowest BCUT2D eigenvalue weighted by molar-refractivity contribution is -0.250. The summed E-state index contributed by atoms with van der Waals surface area (Å²) in [5.41, 5.74) is 0.825. The van der Waals surface area contributed by atoms with E-state index in [1.165, 1.54) is 18.4 Å². The van der Waals surface area contributed by atoms with Gasteiger partial charge >= 0.3 is 11.9 Å². The summed E-state index contributed by atoms with van der Waals surface area (Å²) in [4.78, 5) is 51.0. The number of aliphatic carboxylic acids is 1. The number of Topliss-reactive ketones (excluding diaryl/α,β-unsaturated/α-hetero) is 1. The van der Waals surface area contributed by atoms with Gasteiger partial charge in [0.25, 0.3) is 0 Å². The van der Waals surface area contributed by atoms with Gasteiger partial charge in [-0.05, 0) is 147 Å². The number of carboxylic acids is 1. The Bertz CT molecular complexity index is 1430. The molecule has 7 nitrogen and oxygen atoms in total. The molecule has 5 aliphatic carbocycles. The second kappa shape index (κ2) is 14.2. The van der Waals surface area contributed by atoms with Gasteiger partial charge in [0.15, 0.2) is 5.78 Å². The van der Waals surface area contributed by atoms with Gasteiger partial charge < -0.3 is 15.2 Å². The van der Waals surface area contributed by atoms with E-state index in [1.807, 2.05) is 13.8 Å². The standard InChI is InChI=1S/C45H73NO6/c1-27(2)23-32(29(5)47)46-36(48)24-45-20-15-30(28(3)4)39(45)31-13-14-34-42(10)18-17-35(52-38(51)26-40(6,7)25-37(49)50)41(8,9)33(42)16-19-44(34,12)43(31,11)21-22-45/h27,30-35,39H,3,13-26H2,1-2,4-12H3,(H,46,48)(H,49,50)/t30-,31+,32?,33-,34+,35-,39+,42-,43+,44+,45+/m0/s1. The average molecular weight is 724 g/mol. The highest BCUT2D eigenvalue weighted by Crippen LogP contribution is 2.78. The first kappa shape index (κ1) is 41.0. The number of carbonyl (C=O) groups excluding carboxylic acids is 3. The van der Waals surface area contributed by atoms with E-state index in [9.17, 15) is 24.3 Å². The van der Waals surface area contributed by atoms with Crippen molar-refractivity contribution >= 4 is 23.6 Å². The van der Waals surface area contributed by atoms with Gasteiger partial charge in [-0.15, -0.1) is 0 Å². The van der Waals surface area contributed by atoms with E-state index in [0.717, 1.165) is 51.4 Å². The van der Waals surface area contributed by atoms with Crippen LogP contribution < -0.4 is 5.32 Å². The normalized spacial score (nSPS) is 40.0. The molecule has 5 saturated carbocycles. The van der Waals surface area contributed by atoms with Gasteiger partial charge in [0, 0.05) is 11.8 Å². The van der Waals surface area contributed by atoms with E-state index in [2.05, 4.69) is 67.3 Å². The number of amides is 1. The molecule has 5 fully saturated rings. The molecule has 5 rings (SSSR count). The molecular formula is C45H73NO6. The number of esters is 1. The summed E-state index contributed by atoms with van der Waals surface area (Å²) in [5.74, 6) is 1.64. The van der Waals surface area contributed by atoms with Crippen molar-refractivity contribution in [3.63, 3.8) is 0 Å². The molecule has 7 heteroatoms. The topological polar surface area (TPSA) is 110 Å². The summed E-state index contributed by atoms with van der Waals surface area (Å²) in [5, 5.41) is 12.5. The largest absolute Gasteiger partial charge is 0.481 e. The zero-order valence-electron chi connectivity index (χ0n) is 34.7. The lowest BCUT2D eigenvalue weighted by atomic mass is 9.32. The zero-order valence-corrected chi connectivity index (χ0v) is 34.7. The Morgan fingerprint density at radius 3 is 2.12 bits per heavy atom. The fourth-order valence-corrected chi connectivity index (χ4v) is 14.2. The highest BCUT2D eigenvalue weighted by Gasteiger charge is 2.71. The van der Waals surface area contributed by atoms with Crippen LogP contribution in [-0.4, -0.2) is 40.9 Å². The molecule has 52 heavy (non-hydrogen) atoms. The van der Waals surface area contributed by atoms with Gasteiger partial charge in [-0.3, -0.25) is 19.2 Å². The first-order valence-corrected chi connectivity index (χ1v) is 20.8. The maximum absolute atomic E-state index is 13.9. The molecule has 0 radical (unpaired) electrons. The predicted molar refractivity (Wildman–Crippen MR) is 206 cm³/mol. The number of allylic oxidation sites excluding steroid dienone is 1. The summed E-state index contributed by atoms with van der Waals surface area (Å²) in [6.45, 7) is 28.7. The molecule has 0 aliphatic heterocycles. The number of hydrogen-bond acceptors (Lipinski definition) is 5. The van der Waals surface area contributed by atoms with Gasteiger partial charge in [0.2, 0.25) is 5.91 Å². The van der Waals surface area contributed by atoms with Crippen LogP contribution in [0.3, 0.4) is 0 Å². The summed E-state index contributed by atoms with van der Waals surface area (Å²) < 4.78 is 6.27. The minimum absolute atomic E-state index is 0.0453. The molecule has 294 valence electrons. The van der Waals surface area contributed by atoms with E-state index in [0.29, 0.717) is 48.3 Å². The Kier molecular flexibility index (Phi) is 11.2. The fourth-order valence-electron chi connectivity index (χ4n) is 14.2. The number of nitrogens with one attached hydrogen (secondary N) is 1. The van der Waals surface area contributed by atoms with Crippen molar-refractivity contribution in [1.29, 1.82) is 0 Å². The lowest BCUT2D eigenvalue weighted by Crippen LogP contribution is -2.67. The molecule has 5 aliphatic rings. The second-order valence-electron chi connectivity index (χ2n) is 21.3. The van der Waals surface area contributed by atoms with E-state index in [1.54, 1.807) is 6.92 Å². The van der Waals surface area contributed by atoms with Crippen LogP contribution in [-0.2, 0) is 23.9 Å². The first-order chi connectivity index (χ1) is 23.9. The lowest BCUT2D eigenvalue weighted by Gasteiger charge is -2.73. The number of carbonyl (C=O) groups is 4. The van der Waals surface area contributed by atoms with E-state index < -0.39 is 17.4 Å². The monoisotopic (exact) mass is 724 g/mol. The quantitative estimate of drug-likeness (QED) is 0.153. The Labute approximate surface area is 315 Å². The molecule has 1 amide bonds. The fraction of sp³-hybridized carbons (Fsp3) is 0.867. The average Bonchev–Trinajstić information content (AvgIpc) is 3.37. The van der Waals surface area contributed by atoms with E-state index >= 15 is 0 Å². The summed E-state index contributed by atoms with van der Waals surface area (Å²) in [7, 11) is 0. The van der Waals surface area contributed by atoms with Crippen LogP contribution in [0.2, 0.25) is 0 Å². The number of rotatable bonds is 12. The van der Waals surface area contributed by atoms with Gasteiger partial charge in [-0.25, -0.2) is 0 Å². The van der Waals surface area contributed by atoms with Gasteiger partial charge in [-0.2, -0.15) is 0 Å². The summed E-state index contributed by atoms with van der Waals surface area (Å²) in [6, 6.07) is -0.411. The molecule has 0 aromatic heterocycles. The minimum atomic E-state index is -0.891. The van der Waals surface area contributed by atoms with Crippen LogP contribution in [0.1, 0.15) is 166 Å². The van der Waals surface area contributed by atoms with Gasteiger partial charge in [0.1, 0.15) is 6.10 Å². The zero-order chi connectivity index (χ0) is 38.8. The molecule has 11 atom stereocenters. The van der Waals surface area contributed by atoms with E-state index in [-0.39, 0.29) is 63.7 Å². The van der Waals surface area contributed by atoms with Crippen LogP contribution >= 0.6 is 0 Å². The molecule has 0 saturated heterocycles. The number of ether oxygens (including phenoxy) is 1. The maximum Gasteiger partial charge on any atom is 0.306 e. The van der Waals surface area contributed by atoms with Crippen molar-refractivity contribution in [2.45, 2.75) is 178 Å². The van der Waals surface area contributed by atoms with Crippen molar-refractivity contribution < 1.29 is 29.0 Å². The van der Waals surface area contributed by atoms with Crippen molar-refractivity contribution in [2.24, 2.45) is 68.0 Å². The van der Waals surface area contributed by atoms with Crippen LogP contribution in [0.4, 0.5) is 0 Å².